The van der Waals surface area contributed by atoms with Gasteiger partial charge in [-0.1, -0.05) is 24.3 Å². The maximum atomic E-state index is 12.4. The van der Waals surface area contributed by atoms with Gasteiger partial charge in [-0.2, -0.15) is 8.78 Å². The molecule has 0 aliphatic carbocycles. The van der Waals surface area contributed by atoms with Crippen molar-refractivity contribution in [1.82, 2.24) is 0 Å². The molecule has 0 saturated carbocycles. The van der Waals surface area contributed by atoms with E-state index in [4.69, 9.17) is 0 Å². The number of nitrogens with zero attached hydrogens (tertiary/aromatic N) is 1. The van der Waals surface area contributed by atoms with Gasteiger partial charge in [0, 0.05) is 36.1 Å². The number of alkyl halides is 2. The molecular weight excluding hydrogens is 338 g/mol. The fraction of sp³-hybridized carbons (Fsp3) is 0.250. The van der Waals surface area contributed by atoms with Gasteiger partial charge in [-0.15, -0.1) is 0 Å². The lowest BCUT2D eigenvalue weighted by Gasteiger charge is -2.18. The molecule has 3 rings (SSSR count). The molecule has 1 heterocycles. The summed E-state index contributed by atoms with van der Waals surface area (Å²) in [5.74, 6) is -0.307. The predicted octanol–water partition coefficient (Wildman–Crippen LogP) is 4.54. The lowest BCUT2D eigenvalue weighted by atomic mass is 10.2. The first-order valence-electron chi connectivity index (χ1n) is 8.50. The smallest absolute Gasteiger partial charge is 0.387 e. The fourth-order valence-electron chi connectivity index (χ4n) is 2.93. The number of anilines is 2. The first-order valence-corrected chi connectivity index (χ1v) is 8.50. The van der Waals surface area contributed by atoms with Crippen LogP contribution in [0.5, 0.6) is 5.75 Å². The second-order valence-electron chi connectivity index (χ2n) is 5.98. The van der Waals surface area contributed by atoms with Gasteiger partial charge < -0.3 is 15.0 Å². The Morgan fingerprint density at radius 3 is 2.65 bits per heavy atom. The number of benzene rings is 2. The van der Waals surface area contributed by atoms with Crippen LogP contribution in [0.3, 0.4) is 0 Å². The predicted molar refractivity (Wildman–Crippen MR) is 98.6 cm³/mol. The van der Waals surface area contributed by atoms with Gasteiger partial charge in [0.15, 0.2) is 0 Å². The van der Waals surface area contributed by atoms with Crippen molar-refractivity contribution in [3.8, 4) is 5.75 Å². The Hall–Kier alpha value is -2.89. The molecule has 1 saturated heterocycles. The molecule has 2 aromatic rings. The van der Waals surface area contributed by atoms with Crippen LogP contribution in [0.2, 0.25) is 0 Å². The van der Waals surface area contributed by atoms with E-state index in [-0.39, 0.29) is 11.7 Å². The van der Waals surface area contributed by atoms with Crippen LogP contribution in [0.1, 0.15) is 18.4 Å². The number of hydrogen-bond donors (Lipinski definition) is 1. The van der Waals surface area contributed by atoms with Crippen LogP contribution in [0.15, 0.2) is 54.6 Å². The zero-order chi connectivity index (χ0) is 18.4. The van der Waals surface area contributed by atoms with Crippen LogP contribution in [0, 0.1) is 0 Å². The van der Waals surface area contributed by atoms with E-state index in [0.29, 0.717) is 11.3 Å². The van der Waals surface area contributed by atoms with Crippen molar-refractivity contribution in [2.75, 3.05) is 23.3 Å². The third-order valence-electron chi connectivity index (χ3n) is 4.13. The summed E-state index contributed by atoms with van der Waals surface area (Å²) < 4.78 is 29.3. The van der Waals surface area contributed by atoms with E-state index in [0.717, 1.165) is 18.8 Å². The molecule has 2 aromatic carbocycles. The molecular formula is C20H20F2N2O2. The molecule has 1 N–H and O–H groups in total. The second-order valence-corrected chi connectivity index (χ2v) is 5.98. The number of rotatable bonds is 6. The Morgan fingerprint density at radius 1 is 1.12 bits per heavy atom. The summed E-state index contributed by atoms with van der Waals surface area (Å²) in [6.45, 7) is -0.858. The molecule has 1 aliphatic rings. The maximum Gasteiger partial charge on any atom is 0.387 e. The summed E-state index contributed by atoms with van der Waals surface area (Å²) in [6.07, 6.45) is 5.12. The molecule has 0 unspecified atom stereocenters. The largest absolute Gasteiger partial charge is 0.434 e. The monoisotopic (exact) mass is 358 g/mol. The number of nitrogens with one attached hydrogen (secondary N) is 1. The summed E-state index contributed by atoms with van der Waals surface area (Å²) in [5.41, 5.74) is 2.19. The highest BCUT2D eigenvalue weighted by Gasteiger charge is 2.12. The molecule has 136 valence electrons. The van der Waals surface area contributed by atoms with Gasteiger partial charge in [-0.3, -0.25) is 4.79 Å². The quantitative estimate of drug-likeness (QED) is 0.771. The first kappa shape index (κ1) is 17.9. The molecule has 4 nitrogen and oxygen atoms in total. The van der Waals surface area contributed by atoms with Crippen LogP contribution >= 0.6 is 0 Å². The highest BCUT2D eigenvalue weighted by molar-refractivity contribution is 6.02. The van der Waals surface area contributed by atoms with Crippen molar-refractivity contribution in [2.45, 2.75) is 19.5 Å². The van der Waals surface area contributed by atoms with Crippen molar-refractivity contribution in [3.05, 3.63) is 60.2 Å². The van der Waals surface area contributed by atoms with Crippen LogP contribution in [0.25, 0.3) is 6.08 Å². The van der Waals surface area contributed by atoms with E-state index >= 15 is 0 Å². The Kier molecular flexibility index (Phi) is 5.84. The molecule has 1 amide bonds. The first-order chi connectivity index (χ1) is 12.6. The van der Waals surface area contributed by atoms with Gasteiger partial charge in [-0.25, -0.2) is 0 Å². The summed E-state index contributed by atoms with van der Waals surface area (Å²) in [4.78, 5) is 14.4. The highest BCUT2D eigenvalue weighted by Crippen LogP contribution is 2.24. The zero-order valence-electron chi connectivity index (χ0n) is 14.2. The van der Waals surface area contributed by atoms with Crippen LogP contribution in [0.4, 0.5) is 20.2 Å². The summed E-state index contributed by atoms with van der Waals surface area (Å²) >= 11 is 0. The molecule has 1 fully saturated rings. The zero-order valence-corrected chi connectivity index (χ0v) is 14.2. The number of amides is 1. The minimum atomic E-state index is -2.91. The van der Waals surface area contributed by atoms with E-state index in [1.807, 2.05) is 24.3 Å². The average molecular weight is 358 g/mol. The van der Waals surface area contributed by atoms with E-state index in [1.54, 1.807) is 18.2 Å². The molecule has 1 aliphatic heterocycles. The van der Waals surface area contributed by atoms with E-state index < -0.39 is 6.61 Å². The Morgan fingerprint density at radius 2 is 1.88 bits per heavy atom. The number of para-hydroxylation sites is 1. The second kappa shape index (κ2) is 8.47. The minimum absolute atomic E-state index is 0.0302. The third kappa shape index (κ3) is 4.81. The summed E-state index contributed by atoms with van der Waals surface area (Å²) in [7, 11) is 0. The van der Waals surface area contributed by atoms with E-state index in [2.05, 4.69) is 15.0 Å². The third-order valence-corrected chi connectivity index (χ3v) is 4.13. The fourth-order valence-corrected chi connectivity index (χ4v) is 2.93. The van der Waals surface area contributed by atoms with Gasteiger partial charge in [-0.05, 0) is 43.2 Å². The Bertz CT molecular complexity index is 787. The van der Waals surface area contributed by atoms with Crippen molar-refractivity contribution < 1.29 is 18.3 Å². The summed E-state index contributed by atoms with van der Waals surface area (Å²) in [5, 5.41) is 2.79. The Balaban J connectivity index is 1.66. The molecule has 6 heteroatoms. The van der Waals surface area contributed by atoms with E-state index in [9.17, 15) is 13.6 Å². The lowest BCUT2D eigenvalue weighted by molar-refractivity contribution is -0.111. The van der Waals surface area contributed by atoms with Gasteiger partial charge in [0.1, 0.15) is 5.75 Å². The standard InChI is InChI=1S/C20H20F2N2O2/c21-20(22)26-18-9-2-1-6-15(18)10-11-19(25)23-16-7-5-8-17(14-16)24-12-3-4-13-24/h1-2,5-11,14,20H,3-4,12-13H2,(H,23,25). The number of hydrogen-bond acceptors (Lipinski definition) is 3. The van der Waals surface area contributed by atoms with Gasteiger partial charge in [0.05, 0.1) is 0 Å². The van der Waals surface area contributed by atoms with Gasteiger partial charge in [0.2, 0.25) is 5.91 Å². The van der Waals surface area contributed by atoms with Crippen LogP contribution in [-0.4, -0.2) is 25.6 Å². The van der Waals surface area contributed by atoms with Crippen LogP contribution < -0.4 is 15.0 Å². The normalized spacial score (nSPS) is 14.2. The number of ether oxygens (including phenoxy) is 1. The van der Waals surface area contributed by atoms with Gasteiger partial charge in [0.25, 0.3) is 0 Å². The number of carbonyl (C=O) groups is 1. The lowest BCUT2D eigenvalue weighted by Crippen LogP contribution is -2.17. The minimum Gasteiger partial charge on any atom is -0.434 e. The maximum absolute atomic E-state index is 12.4. The number of carbonyl (C=O) groups excluding carboxylic acids is 1. The number of halogens is 2. The molecule has 0 aromatic heterocycles. The average Bonchev–Trinajstić information content (AvgIpc) is 3.15. The molecule has 26 heavy (non-hydrogen) atoms. The summed E-state index contributed by atoms with van der Waals surface area (Å²) in [6, 6.07) is 14.0. The Labute approximate surface area is 151 Å². The van der Waals surface area contributed by atoms with E-state index in [1.165, 1.54) is 31.1 Å². The van der Waals surface area contributed by atoms with Crippen molar-refractivity contribution in [2.24, 2.45) is 0 Å². The van der Waals surface area contributed by atoms with Gasteiger partial charge >= 0.3 is 6.61 Å². The van der Waals surface area contributed by atoms with Crippen molar-refractivity contribution in [1.29, 1.82) is 0 Å². The van der Waals surface area contributed by atoms with Crippen molar-refractivity contribution >= 4 is 23.4 Å². The van der Waals surface area contributed by atoms with Crippen molar-refractivity contribution in [3.63, 3.8) is 0 Å². The topological polar surface area (TPSA) is 41.6 Å². The SMILES string of the molecule is O=C(C=Cc1ccccc1OC(F)F)Nc1cccc(N2CCCC2)c1. The molecule has 0 atom stereocenters. The van der Waals surface area contributed by atoms with Crippen LogP contribution in [-0.2, 0) is 4.79 Å². The molecule has 0 bridgehead atoms. The highest BCUT2D eigenvalue weighted by atomic mass is 19.3. The molecule has 0 radical (unpaired) electrons. The molecule has 0 spiro atoms.